The molecule has 0 aliphatic carbocycles. The van der Waals surface area contributed by atoms with Crippen molar-refractivity contribution in [3.8, 4) is 5.69 Å². The number of aromatic nitrogens is 2. The fourth-order valence-corrected chi connectivity index (χ4v) is 2.91. The van der Waals surface area contributed by atoms with E-state index in [-0.39, 0.29) is 11.5 Å². The highest BCUT2D eigenvalue weighted by Gasteiger charge is 2.19. The predicted octanol–water partition coefficient (Wildman–Crippen LogP) is 1.23. The van der Waals surface area contributed by atoms with Crippen molar-refractivity contribution >= 4 is 11.9 Å². The maximum absolute atomic E-state index is 11.4. The lowest BCUT2D eigenvalue weighted by Gasteiger charge is -2.33. The van der Waals surface area contributed by atoms with Crippen molar-refractivity contribution in [2.24, 2.45) is 0 Å². The predicted molar refractivity (Wildman–Crippen MR) is 88.1 cm³/mol. The molecule has 0 atom stereocenters. The topological polar surface area (TPSA) is 78.7 Å². The van der Waals surface area contributed by atoms with Gasteiger partial charge in [-0.15, -0.1) is 0 Å². The Morgan fingerprint density at radius 1 is 1.17 bits per heavy atom. The van der Waals surface area contributed by atoms with E-state index >= 15 is 0 Å². The number of imidazole rings is 1. The summed E-state index contributed by atoms with van der Waals surface area (Å²) < 4.78 is 1.74. The van der Waals surface area contributed by atoms with Crippen molar-refractivity contribution in [2.45, 2.75) is 13.5 Å². The van der Waals surface area contributed by atoms with Crippen LogP contribution in [0.15, 0.2) is 36.8 Å². The van der Waals surface area contributed by atoms with Gasteiger partial charge in [-0.05, 0) is 12.1 Å². The largest absolute Gasteiger partial charge is 0.478 e. The number of benzene rings is 1. The summed E-state index contributed by atoms with van der Waals surface area (Å²) in [5.74, 6) is -0.842. The van der Waals surface area contributed by atoms with Crippen LogP contribution in [-0.4, -0.2) is 62.5 Å². The van der Waals surface area contributed by atoms with Crippen molar-refractivity contribution in [3.63, 3.8) is 0 Å². The SMILES string of the molecule is CC(=O)N1CCN(Cc2cn(-c3ccccc3C(=O)O)cn2)CC1. The maximum atomic E-state index is 11.4. The number of piperazine rings is 1. The zero-order valence-electron chi connectivity index (χ0n) is 13.6. The molecule has 24 heavy (non-hydrogen) atoms. The molecular weight excluding hydrogens is 308 g/mol. The van der Waals surface area contributed by atoms with Gasteiger partial charge in [0.1, 0.15) is 0 Å². The second-order valence-corrected chi connectivity index (χ2v) is 5.88. The molecule has 0 saturated carbocycles. The first-order chi connectivity index (χ1) is 11.5. The Morgan fingerprint density at radius 2 is 1.88 bits per heavy atom. The van der Waals surface area contributed by atoms with E-state index in [1.54, 1.807) is 36.0 Å². The van der Waals surface area contributed by atoms with E-state index in [1.165, 1.54) is 0 Å². The summed E-state index contributed by atoms with van der Waals surface area (Å²) in [4.78, 5) is 31.2. The smallest absolute Gasteiger partial charge is 0.337 e. The number of hydrogen-bond acceptors (Lipinski definition) is 4. The summed E-state index contributed by atoms with van der Waals surface area (Å²) in [7, 11) is 0. The third kappa shape index (κ3) is 3.46. The van der Waals surface area contributed by atoms with Crippen molar-refractivity contribution in [1.82, 2.24) is 19.4 Å². The summed E-state index contributed by atoms with van der Waals surface area (Å²) in [6.45, 7) is 5.39. The Bertz CT molecular complexity index is 748. The first-order valence-electron chi connectivity index (χ1n) is 7.88. The van der Waals surface area contributed by atoms with Gasteiger partial charge in [-0.2, -0.15) is 0 Å². The lowest BCUT2D eigenvalue weighted by Crippen LogP contribution is -2.47. The molecule has 0 spiro atoms. The van der Waals surface area contributed by atoms with Gasteiger partial charge < -0.3 is 14.6 Å². The van der Waals surface area contributed by atoms with Crippen LogP contribution < -0.4 is 0 Å². The Morgan fingerprint density at radius 3 is 2.54 bits per heavy atom. The van der Waals surface area contributed by atoms with E-state index in [2.05, 4.69) is 9.88 Å². The number of carboxylic acids is 1. The molecule has 1 aliphatic rings. The lowest BCUT2D eigenvalue weighted by atomic mass is 10.2. The van der Waals surface area contributed by atoms with Crippen LogP contribution in [0.5, 0.6) is 0 Å². The third-order valence-electron chi connectivity index (χ3n) is 4.25. The Labute approximate surface area is 140 Å². The van der Waals surface area contributed by atoms with Gasteiger partial charge in [-0.1, -0.05) is 12.1 Å². The van der Waals surface area contributed by atoms with Crippen molar-refractivity contribution in [3.05, 3.63) is 48.0 Å². The molecule has 2 heterocycles. The fourth-order valence-electron chi connectivity index (χ4n) is 2.91. The summed E-state index contributed by atoms with van der Waals surface area (Å²) in [5, 5.41) is 9.29. The molecular formula is C17H20N4O3. The molecule has 1 aliphatic heterocycles. The molecule has 0 unspecified atom stereocenters. The molecule has 126 valence electrons. The first kappa shape index (κ1) is 16.2. The van der Waals surface area contributed by atoms with Crippen LogP contribution in [0.1, 0.15) is 23.0 Å². The second kappa shape index (κ2) is 6.84. The summed E-state index contributed by atoms with van der Waals surface area (Å²) >= 11 is 0. The Balaban J connectivity index is 1.69. The third-order valence-corrected chi connectivity index (χ3v) is 4.25. The van der Waals surface area contributed by atoms with Crippen molar-refractivity contribution < 1.29 is 14.7 Å². The van der Waals surface area contributed by atoms with Crippen LogP contribution in [0, 0.1) is 0 Å². The molecule has 1 N–H and O–H groups in total. The van der Waals surface area contributed by atoms with Crippen LogP contribution in [-0.2, 0) is 11.3 Å². The highest BCUT2D eigenvalue weighted by molar-refractivity contribution is 5.91. The molecule has 1 saturated heterocycles. The zero-order chi connectivity index (χ0) is 17.1. The molecule has 1 aromatic carbocycles. The van der Waals surface area contributed by atoms with Crippen molar-refractivity contribution in [2.75, 3.05) is 26.2 Å². The van der Waals surface area contributed by atoms with Crippen LogP contribution in [0.2, 0.25) is 0 Å². The van der Waals surface area contributed by atoms with Crippen LogP contribution in [0.25, 0.3) is 5.69 Å². The summed E-state index contributed by atoms with van der Waals surface area (Å²) in [6.07, 6.45) is 3.50. The summed E-state index contributed by atoms with van der Waals surface area (Å²) in [5.41, 5.74) is 1.73. The molecule has 1 fully saturated rings. The minimum Gasteiger partial charge on any atom is -0.478 e. The molecule has 1 amide bonds. The molecule has 7 nitrogen and oxygen atoms in total. The molecule has 0 bridgehead atoms. The van der Waals surface area contributed by atoms with E-state index in [4.69, 9.17) is 0 Å². The Kier molecular flexibility index (Phi) is 4.61. The van der Waals surface area contributed by atoms with Gasteiger partial charge in [0.05, 0.1) is 23.3 Å². The highest BCUT2D eigenvalue weighted by atomic mass is 16.4. The molecule has 2 aromatic rings. The number of amides is 1. The van der Waals surface area contributed by atoms with Gasteiger partial charge in [0.15, 0.2) is 0 Å². The zero-order valence-corrected chi connectivity index (χ0v) is 13.6. The number of para-hydroxylation sites is 1. The van der Waals surface area contributed by atoms with E-state index in [9.17, 15) is 14.7 Å². The summed E-state index contributed by atoms with van der Waals surface area (Å²) in [6, 6.07) is 6.86. The Hall–Kier alpha value is -2.67. The normalized spacial score (nSPS) is 15.5. The maximum Gasteiger partial charge on any atom is 0.337 e. The van der Waals surface area contributed by atoms with Gasteiger partial charge >= 0.3 is 5.97 Å². The second-order valence-electron chi connectivity index (χ2n) is 5.88. The number of nitrogens with zero attached hydrogens (tertiary/aromatic N) is 4. The first-order valence-corrected chi connectivity index (χ1v) is 7.88. The minimum atomic E-state index is -0.957. The quantitative estimate of drug-likeness (QED) is 0.913. The van der Waals surface area contributed by atoms with Crippen LogP contribution in [0.4, 0.5) is 0 Å². The number of hydrogen-bond donors (Lipinski definition) is 1. The van der Waals surface area contributed by atoms with Gasteiger partial charge in [-0.3, -0.25) is 9.69 Å². The number of carbonyl (C=O) groups is 2. The molecule has 0 radical (unpaired) electrons. The number of aromatic carboxylic acids is 1. The number of carbonyl (C=O) groups excluding carboxylic acids is 1. The van der Waals surface area contributed by atoms with Crippen LogP contribution in [0.3, 0.4) is 0 Å². The molecule has 3 rings (SSSR count). The standard InChI is InChI=1S/C17H20N4O3/c1-13(22)20-8-6-19(7-9-20)10-14-11-21(12-18-14)16-5-3-2-4-15(16)17(23)24/h2-5,11-12H,6-10H2,1H3,(H,23,24). The van der Waals surface area contributed by atoms with Gasteiger partial charge in [0, 0.05) is 45.8 Å². The molecule has 1 aromatic heterocycles. The van der Waals surface area contributed by atoms with E-state index < -0.39 is 5.97 Å². The number of carboxylic acid groups (broad SMARTS) is 1. The van der Waals surface area contributed by atoms with Crippen LogP contribution >= 0.6 is 0 Å². The monoisotopic (exact) mass is 328 g/mol. The lowest BCUT2D eigenvalue weighted by molar-refractivity contribution is -0.130. The average molecular weight is 328 g/mol. The number of rotatable bonds is 4. The van der Waals surface area contributed by atoms with E-state index in [0.29, 0.717) is 12.2 Å². The average Bonchev–Trinajstić information content (AvgIpc) is 3.03. The fraction of sp³-hybridized carbons (Fsp3) is 0.353. The van der Waals surface area contributed by atoms with Gasteiger partial charge in [-0.25, -0.2) is 9.78 Å². The van der Waals surface area contributed by atoms with E-state index in [0.717, 1.165) is 31.9 Å². The highest BCUT2D eigenvalue weighted by Crippen LogP contribution is 2.16. The van der Waals surface area contributed by atoms with E-state index in [1.807, 2.05) is 17.2 Å². The molecule has 7 heteroatoms. The van der Waals surface area contributed by atoms with Gasteiger partial charge in [0.2, 0.25) is 5.91 Å². The minimum absolute atomic E-state index is 0.115. The van der Waals surface area contributed by atoms with Crippen molar-refractivity contribution in [1.29, 1.82) is 0 Å². The van der Waals surface area contributed by atoms with Gasteiger partial charge in [0.25, 0.3) is 0 Å².